The lowest BCUT2D eigenvalue weighted by molar-refractivity contribution is -0.123. The molecule has 4 heteroatoms. The van der Waals surface area contributed by atoms with E-state index in [2.05, 4.69) is 16.9 Å². The van der Waals surface area contributed by atoms with E-state index < -0.39 is 0 Å². The summed E-state index contributed by atoms with van der Waals surface area (Å²) < 4.78 is 0. The predicted octanol–water partition coefficient (Wildman–Crippen LogP) is 1.92. The molecular formula is C13H24N2OS. The highest BCUT2D eigenvalue weighted by molar-refractivity contribution is 7.99. The Morgan fingerprint density at radius 1 is 1.24 bits per heavy atom. The van der Waals surface area contributed by atoms with Crippen LogP contribution in [0.25, 0.3) is 0 Å². The molecule has 3 unspecified atom stereocenters. The van der Waals surface area contributed by atoms with Gasteiger partial charge >= 0.3 is 0 Å². The molecule has 2 aliphatic rings. The van der Waals surface area contributed by atoms with E-state index in [-0.39, 0.29) is 11.9 Å². The third kappa shape index (κ3) is 3.88. The molecule has 1 saturated carbocycles. The molecule has 1 heterocycles. The Hall–Kier alpha value is -0.220. The summed E-state index contributed by atoms with van der Waals surface area (Å²) in [4.78, 5) is 11.9. The quantitative estimate of drug-likeness (QED) is 0.810. The van der Waals surface area contributed by atoms with Crippen molar-refractivity contribution in [2.24, 2.45) is 0 Å². The fourth-order valence-electron chi connectivity index (χ4n) is 2.89. The smallest absolute Gasteiger partial charge is 0.237 e. The molecule has 2 fully saturated rings. The molecule has 0 spiro atoms. The molecule has 3 nitrogen and oxygen atoms in total. The maximum atomic E-state index is 11.9. The van der Waals surface area contributed by atoms with Crippen molar-refractivity contribution in [2.75, 3.05) is 12.8 Å². The summed E-state index contributed by atoms with van der Waals surface area (Å²) in [5, 5.41) is 7.38. The summed E-state index contributed by atoms with van der Waals surface area (Å²) >= 11 is 1.98. The second kappa shape index (κ2) is 6.64. The summed E-state index contributed by atoms with van der Waals surface area (Å²) in [5.74, 6) is 0.216. The first-order valence-corrected chi connectivity index (χ1v) is 8.15. The standard InChI is InChI=1S/C13H24N2OS/c1-17-11-6-4-5-10(9-11)15-12-7-2-3-8-14-13(12)16/h10-12,15H,2-9H2,1H3,(H,14,16). The first-order valence-electron chi connectivity index (χ1n) is 6.86. The highest BCUT2D eigenvalue weighted by Gasteiger charge is 2.27. The van der Waals surface area contributed by atoms with Gasteiger partial charge in [0.05, 0.1) is 6.04 Å². The van der Waals surface area contributed by atoms with Gasteiger partial charge in [0.15, 0.2) is 0 Å². The van der Waals surface area contributed by atoms with Gasteiger partial charge in [-0.1, -0.05) is 6.42 Å². The minimum Gasteiger partial charge on any atom is -0.355 e. The largest absolute Gasteiger partial charge is 0.355 e. The molecule has 2 N–H and O–H groups in total. The van der Waals surface area contributed by atoms with Crippen molar-refractivity contribution in [1.82, 2.24) is 10.6 Å². The van der Waals surface area contributed by atoms with Gasteiger partial charge in [0.1, 0.15) is 0 Å². The molecule has 0 radical (unpaired) electrons. The number of nitrogens with one attached hydrogen (secondary N) is 2. The number of thioether (sulfide) groups is 1. The van der Waals surface area contributed by atoms with Crippen LogP contribution in [0.15, 0.2) is 0 Å². The zero-order valence-corrected chi connectivity index (χ0v) is 11.5. The Kier molecular flexibility index (Phi) is 5.16. The lowest BCUT2D eigenvalue weighted by Crippen LogP contribution is -2.48. The summed E-state index contributed by atoms with van der Waals surface area (Å²) in [6.45, 7) is 0.856. The molecule has 0 aromatic heterocycles. The van der Waals surface area contributed by atoms with Crippen LogP contribution in [0, 0.1) is 0 Å². The molecule has 0 aromatic rings. The number of amides is 1. The Morgan fingerprint density at radius 3 is 2.94 bits per heavy atom. The molecule has 1 saturated heterocycles. The van der Waals surface area contributed by atoms with Gasteiger partial charge in [-0.2, -0.15) is 11.8 Å². The van der Waals surface area contributed by atoms with Gasteiger partial charge in [0.2, 0.25) is 5.91 Å². The van der Waals surface area contributed by atoms with Crippen molar-refractivity contribution in [2.45, 2.75) is 62.3 Å². The van der Waals surface area contributed by atoms with Crippen LogP contribution in [0.4, 0.5) is 0 Å². The van der Waals surface area contributed by atoms with Gasteiger partial charge in [-0.05, 0) is 44.8 Å². The minimum absolute atomic E-state index is 0.0584. The minimum atomic E-state index is 0.0584. The van der Waals surface area contributed by atoms with Crippen molar-refractivity contribution in [3.05, 3.63) is 0 Å². The molecule has 98 valence electrons. The summed E-state index contributed by atoms with van der Waals surface area (Å²) in [6, 6.07) is 0.609. The Bertz CT molecular complexity index is 260. The van der Waals surface area contributed by atoms with Gasteiger partial charge in [-0.25, -0.2) is 0 Å². The molecule has 1 aliphatic carbocycles. The number of carbonyl (C=O) groups excluding carboxylic acids is 1. The maximum absolute atomic E-state index is 11.9. The van der Waals surface area contributed by atoms with E-state index in [4.69, 9.17) is 0 Å². The van der Waals surface area contributed by atoms with E-state index in [0.717, 1.165) is 31.1 Å². The van der Waals surface area contributed by atoms with Gasteiger partial charge in [-0.15, -0.1) is 0 Å². The zero-order chi connectivity index (χ0) is 12.1. The van der Waals surface area contributed by atoms with Crippen LogP contribution in [0.5, 0.6) is 0 Å². The van der Waals surface area contributed by atoms with E-state index in [9.17, 15) is 4.79 Å². The molecule has 3 atom stereocenters. The fourth-order valence-corrected chi connectivity index (χ4v) is 3.72. The van der Waals surface area contributed by atoms with E-state index in [1.165, 1.54) is 25.7 Å². The average Bonchev–Trinajstić information content (AvgIpc) is 2.55. The maximum Gasteiger partial charge on any atom is 0.237 e. The third-order valence-corrected chi connectivity index (χ3v) is 5.03. The normalized spacial score (nSPS) is 35.1. The van der Waals surface area contributed by atoms with Crippen LogP contribution in [0.1, 0.15) is 44.9 Å². The lowest BCUT2D eigenvalue weighted by Gasteiger charge is -2.31. The summed E-state index contributed by atoms with van der Waals surface area (Å²) in [5.41, 5.74) is 0. The SMILES string of the molecule is CSC1CCCC(NC2CCCCNC2=O)C1. The first kappa shape index (κ1) is 13.2. The van der Waals surface area contributed by atoms with E-state index in [0.29, 0.717) is 6.04 Å². The highest BCUT2D eigenvalue weighted by atomic mass is 32.2. The monoisotopic (exact) mass is 256 g/mol. The van der Waals surface area contributed by atoms with Gasteiger partial charge < -0.3 is 10.6 Å². The van der Waals surface area contributed by atoms with Gasteiger partial charge in [0.25, 0.3) is 0 Å². The Balaban J connectivity index is 1.83. The fraction of sp³-hybridized carbons (Fsp3) is 0.923. The predicted molar refractivity (Wildman–Crippen MR) is 73.3 cm³/mol. The molecule has 17 heavy (non-hydrogen) atoms. The van der Waals surface area contributed by atoms with Crippen molar-refractivity contribution >= 4 is 17.7 Å². The van der Waals surface area contributed by atoms with Crippen molar-refractivity contribution in [1.29, 1.82) is 0 Å². The second-order valence-electron chi connectivity index (χ2n) is 5.23. The highest BCUT2D eigenvalue weighted by Crippen LogP contribution is 2.27. The van der Waals surface area contributed by atoms with Crippen LogP contribution in [-0.2, 0) is 4.79 Å². The average molecular weight is 256 g/mol. The summed E-state index contributed by atoms with van der Waals surface area (Å²) in [7, 11) is 0. The van der Waals surface area contributed by atoms with Gasteiger partial charge in [-0.3, -0.25) is 4.79 Å². The Labute approximate surface area is 108 Å². The van der Waals surface area contributed by atoms with Crippen molar-refractivity contribution < 1.29 is 4.79 Å². The van der Waals surface area contributed by atoms with Crippen LogP contribution in [0.3, 0.4) is 0 Å². The van der Waals surface area contributed by atoms with Crippen LogP contribution in [0.2, 0.25) is 0 Å². The molecule has 2 rings (SSSR count). The number of rotatable bonds is 3. The van der Waals surface area contributed by atoms with Crippen molar-refractivity contribution in [3.8, 4) is 0 Å². The zero-order valence-electron chi connectivity index (χ0n) is 10.7. The van der Waals surface area contributed by atoms with Crippen LogP contribution in [-0.4, -0.2) is 36.0 Å². The second-order valence-corrected chi connectivity index (χ2v) is 6.37. The number of hydrogen-bond acceptors (Lipinski definition) is 3. The summed E-state index contributed by atoms with van der Waals surface area (Å²) in [6.07, 6.45) is 10.6. The molecule has 0 aromatic carbocycles. The van der Waals surface area contributed by atoms with Crippen molar-refractivity contribution in [3.63, 3.8) is 0 Å². The van der Waals surface area contributed by atoms with E-state index in [1.54, 1.807) is 0 Å². The lowest BCUT2D eigenvalue weighted by atomic mass is 9.94. The number of hydrogen-bond donors (Lipinski definition) is 2. The molecule has 1 aliphatic heterocycles. The first-order chi connectivity index (χ1) is 8.29. The Morgan fingerprint density at radius 2 is 2.12 bits per heavy atom. The topological polar surface area (TPSA) is 41.1 Å². The van der Waals surface area contributed by atoms with Crippen LogP contribution < -0.4 is 10.6 Å². The molecule has 0 bridgehead atoms. The van der Waals surface area contributed by atoms with E-state index >= 15 is 0 Å². The van der Waals surface area contributed by atoms with E-state index in [1.807, 2.05) is 11.8 Å². The third-order valence-electron chi connectivity index (χ3n) is 3.93. The molecule has 1 amide bonds. The van der Waals surface area contributed by atoms with Gasteiger partial charge in [0, 0.05) is 17.8 Å². The number of carbonyl (C=O) groups is 1. The van der Waals surface area contributed by atoms with Crippen LogP contribution >= 0.6 is 11.8 Å². The molecular weight excluding hydrogens is 232 g/mol.